The number of ether oxygens (including phenoxy) is 1. The largest absolute Gasteiger partial charge is 0.507 e. The Labute approximate surface area is 220 Å². The van der Waals surface area contributed by atoms with Gasteiger partial charge in [0, 0.05) is 23.5 Å². The number of aromatic hydroxyl groups is 1. The Morgan fingerprint density at radius 1 is 1.05 bits per heavy atom. The van der Waals surface area contributed by atoms with Crippen LogP contribution in [0.15, 0.2) is 60.7 Å². The zero-order valence-corrected chi connectivity index (χ0v) is 21.4. The van der Waals surface area contributed by atoms with Crippen molar-refractivity contribution < 1.29 is 19.4 Å². The summed E-state index contributed by atoms with van der Waals surface area (Å²) in [4.78, 5) is 24.7. The zero-order chi connectivity index (χ0) is 27.2. The number of H-pyrrole nitrogens is 1. The van der Waals surface area contributed by atoms with E-state index in [4.69, 9.17) is 10.5 Å². The number of carbonyl (C=O) groups excluding carboxylic acids is 2. The summed E-state index contributed by atoms with van der Waals surface area (Å²) in [5.74, 6) is 0.724. The van der Waals surface area contributed by atoms with Crippen LogP contribution < -0.4 is 26.4 Å². The number of aromatic nitrogens is 2. The van der Waals surface area contributed by atoms with Crippen LogP contribution in [0.5, 0.6) is 11.5 Å². The second-order valence-electron chi connectivity index (χ2n) is 8.70. The van der Waals surface area contributed by atoms with Crippen LogP contribution in [0.1, 0.15) is 44.3 Å². The van der Waals surface area contributed by atoms with Crippen LogP contribution in [0.4, 0.5) is 23.0 Å². The summed E-state index contributed by atoms with van der Waals surface area (Å²) in [6.45, 7) is 4.21. The molecule has 196 valence electrons. The van der Waals surface area contributed by atoms with Crippen LogP contribution >= 0.6 is 0 Å². The number of benzene rings is 3. The number of nitrogens with one attached hydrogen (secondary N) is 4. The fraction of sp³-hybridized carbons (Fsp3) is 0.179. The minimum absolute atomic E-state index is 0.188. The van der Waals surface area contributed by atoms with Gasteiger partial charge in [0.2, 0.25) is 0 Å². The van der Waals surface area contributed by atoms with Crippen LogP contribution in [0.25, 0.3) is 0 Å². The van der Waals surface area contributed by atoms with Gasteiger partial charge in [0.15, 0.2) is 5.82 Å². The van der Waals surface area contributed by atoms with E-state index in [-0.39, 0.29) is 11.5 Å². The number of primary amides is 1. The molecule has 38 heavy (non-hydrogen) atoms. The van der Waals surface area contributed by atoms with E-state index in [9.17, 15) is 14.7 Å². The van der Waals surface area contributed by atoms with Gasteiger partial charge in [0.1, 0.15) is 22.9 Å². The highest BCUT2D eigenvalue weighted by molar-refractivity contribution is 6.05. The maximum atomic E-state index is 12.5. The highest BCUT2D eigenvalue weighted by atomic mass is 16.5. The van der Waals surface area contributed by atoms with E-state index in [1.54, 1.807) is 55.6 Å². The van der Waals surface area contributed by atoms with Crippen LogP contribution in [0.3, 0.4) is 0 Å². The average molecular weight is 515 g/mol. The van der Waals surface area contributed by atoms with Gasteiger partial charge in [0.05, 0.1) is 7.11 Å². The number of methoxy groups -OCH3 is 1. The lowest BCUT2D eigenvalue weighted by atomic mass is 10.0. The van der Waals surface area contributed by atoms with Gasteiger partial charge in [-0.25, -0.2) is 0 Å². The quantitative estimate of drug-likeness (QED) is 0.179. The maximum absolute atomic E-state index is 12.5. The number of aromatic amines is 1. The molecule has 0 saturated heterocycles. The van der Waals surface area contributed by atoms with Crippen molar-refractivity contribution in [1.29, 1.82) is 0 Å². The third kappa shape index (κ3) is 5.86. The summed E-state index contributed by atoms with van der Waals surface area (Å²) in [5, 5.41) is 26.3. The minimum atomic E-state index is -0.650. The second-order valence-corrected chi connectivity index (χ2v) is 8.70. The number of phenols is 1. The van der Waals surface area contributed by atoms with Crippen LogP contribution in [-0.4, -0.2) is 34.2 Å². The average Bonchev–Trinajstić information content (AvgIpc) is 3.32. The molecule has 10 nitrogen and oxygen atoms in total. The number of hydrogen-bond donors (Lipinski definition) is 6. The molecule has 1 heterocycles. The van der Waals surface area contributed by atoms with E-state index in [0.717, 1.165) is 16.7 Å². The van der Waals surface area contributed by atoms with Crippen molar-refractivity contribution >= 4 is 34.8 Å². The smallest absolute Gasteiger partial charge is 0.256 e. The number of nitrogens with two attached hydrogens (primary N) is 1. The zero-order valence-electron chi connectivity index (χ0n) is 21.4. The first-order chi connectivity index (χ1) is 18.3. The summed E-state index contributed by atoms with van der Waals surface area (Å²) in [6.07, 6.45) is 0.702. The first kappa shape index (κ1) is 26.1. The third-order valence-electron chi connectivity index (χ3n) is 6.06. The molecule has 0 spiro atoms. The number of anilines is 4. The Morgan fingerprint density at radius 2 is 1.74 bits per heavy atom. The maximum Gasteiger partial charge on any atom is 0.256 e. The lowest BCUT2D eigenvalue weighted by molar-refractivity contribution is 0.0999. The van der Waals surface area contributed by atoms with Crippen molar-refractivity contribution in [2.24, 2.45) is 5.73 Å². The standard InChI is InChI=1S/C28H30N6O4/c1-4-18-14-17(13-16(2)24(18)35)15-30-26-23(25(29)36)27(34-33-26)31-20-7-9-21(10-8-20)32-28(37)19-5-11-22(38-3)12-6-19/h5-14,35H,4,15H2,1-3H3,(H2,29,36)(H,32,37)(H3,30,31,33,34). The van der Waals surface area contributed by atoms with E-state index in [1.165, 1.54) is 0 Å². The molecule has 0 unspecified atom stereocenters. The molecular weight excluding hydrogens is 484 g/mol. The summed E-state index contributed by atoms with van der Waals surface area (Å²) < 4.78 is 5.12. The van der Waals surface area contributed by atoms with Crippen LogP contribution in [0, 0.1) is 6.92 Å². The van der Waals surface area contributed by atoms with Gasteiger partial charge in [0.25, 0.3) is 11.8 Å². The summed E-state index contributed by atoms with van der Waals surface area (Å²) >= 11 is 0. The molecule has 4 rings (SSSR count). The fourth-order valence-electron chi connectivity index (χ4n) is 4.02. The van der Waals surface area contributed by atoms with Crippen molar-refractivity contribution in [2.75, 3.05) is 23.1 Å². The van der Waals surface area contributed by atoms with Crippen LogP contribution in [-0.2, 0) is 13.0 Å². The lowest BCUT2D eigenvalue weighted by Gasteiger charge is -2.11. The number of nitrogens with zero attached hydrogens (tertiary/aromatic N) is 1. The topological polar surface area (TPSA) is 154 Å². The van der Waals surface area contributed by atoms with E-state index in [1.807, 2.05) is 26.0 Å². The van der Waals surface area contributed by atoms with Crippen molar-refractivity contribution in [3.8, 4) is 11.5 Å². The van der Waals surface area contributed by atoms with Crippen molar-refractivity contribution in [3.05, 3.63) is 88.5 Å². The molecule has 0 radical (unpaired) electrons. The van der Waals surface area contributed by atoms with Crippen molar-refractivity contribution in [3.63, 3.8) is 0 Å². The Hall–Kier alpha value is -4.99. The van der Waals surface area contributed by atoms with Gasteiger partial charge >= 0.3 is 0 Å². The Kier molecular flexibility index (Phi) is 7.81. The SMILES string of the molecule is CCc1cc(CNc2n[nH]c(Nc3ccc(NC(=O)c4ccc(OC)cc4)cc3)c2C(N)=O)cc(C)c1O. The van der Waals surface area contributed by atoms with Crippen molar-refractivity contribution in [2.45, 2.75) is 26.8 Å². The van der Waals surface area contributed by atoms with E-state index >= 15 is 0 Å². The Morgan fingerprint density at radius 3 is 2.37 bits per heavy atom. The van der Waals surface area contributed by atoms with Gasteiger partial charge in [-0.2, -0.15) is 5.10 Å². The molecule has 3 aromatic carbocycles. The molecule has 0 aliphatic carbocycles. The number of hydrogen-bond acceptors (Lipinski definition) is 7. The van der Waals surface area contributed by atoms with E-state index in [2.05, 4.69) is 26.1 Å². The van der Waals surface area contributed by atoms with Gasteiger partial charge in [-0.15, -0.1) is 0 Å². The Balaban J connectivity index is 1.43. The molecule has 1 aromatic heterocycles. The first-order valence-corrected chi connectivity index (χ1v) is 12.0. The monoisotopic (exact) mass is 514 g/mol. The number of phenolic OH excluding ortho intramolecular Hbond substituents is 1. The highest BCUT2D eigenvalue weighted by Gasteiger charge is 2.19. The molecule has 0 saturated carbocycles. The second kappa shape index (κ2) is 11.4. The minimum Gasteiger partial charge on any atom is -0.507 e. The molecule has 0 bridgehead atoms. The molecule has 4 aromatic rings. The third-order valence-corrected chi connectivity index (χ3v) is 6.06. The van der Waals surface area contributed by atoms with E-state index < -0.39 is 5.91 Å². The number of amides is 2. The number of rotatable bonds is 10. The first-order valence-electron chi connectivity index (χ1n) is 12.0. The summed E-state index contributed by atoms with van der Waals surface area (Å²) in [6, 6.07) is 17.6. The van der Waals surface area contributed by atoms with Gasteiger partial charge in [-0.3, -0.25) is 14.7 Å². The fourth-order valence-corrected chi connectivity index (χ4v) is 4.02. The Bertz CT molecular complexity index is 1450. The molecule has 2 amide bonds. The normalized spacial score (nSPS) is 10.6. The highest BCUT2D eigenvalue weighted by Crippen LogP contribution is 2.28. The molecule has 0 atom stereocenters. The summed E-state index contributed by atoms with van der Waals surface area (Å²) in [7, 11) is 1.57. The number of aryl methyl sites for hydroxylation is 2. The van der Waals surface area contributed by atoms with Crippen LogP contribution in [0.2, 0.25) is 0 Å². The predicted molar refractivity (Wildman–Crippen MR) is 147 cm³/mol. The van der Waals surface area contributed by atoms with Gasteiger partial charge < -0.3 is 31.5 Å². The van der Waals surface area contributed by atoms with E-state index in [0.29, 0.717) is 53.0 Å². The molecular formula is C28H30N6O4. The molecule has 10 heteroatoms. The molecule has 0 aliphatic rings. The van der Waals surface area contributed by atoms with Gasteiger partial charge in [-0.1, -0.05) is 19.1 Å². The molecule has 7 N–H and O–H groups in total. The number of carbonyl (C=O) groups is 2. The lowest BCUT2D eigenvalue weighted by Crippen LogP contribution is -2.15. The molecule has 0 fully saturated rings. The van der Waals surface area contributed by atoms with Gasteiger partial charge in [-0.05, 0) is 78.6 Å². The molecule has 0 aliphatic heterocycles. The van der Waals surface area contributed by atoms with Crippen molar-refractivity contribution in [1.82, 2.24) is 10.2 Å². The predicted octanol–water partition coefficient (Wildman–Crippen LogP) is 4.70. The summed E-state index contributed by atoms with van der Waals surface area (Å²) in [5.41, 5.74) is 10.2.